The quantitative estimate of drug-likeness (QED) is 0.00986. The third-order valence-corrected chi connectivity index (χ3v) is 19.5. The van der Waals surface area contributed by atoms with Crippen molar-refractivity contribution < 1.29 is 85.6 Å². The number of carbonyl (C=O) groups excluding carboxylic acids is 6. The molecule has 15 aromatic carbocycles. The molecule has 15 aromatic rings. The highest BCUT2D eigenvalue weighted by molar-refractivity contribution is 6.18. The second-order valence-electron chi connectivity index (χ2n) is 27.3. The molecule has 1 aliphatic carbocycles. The Morgan fingerprint density at radius 3 is 1.06 bits per heavy atom. The number of ether oxygens (including phenoxy) is 12. The molecule has 0 spiro atoms. The van der Waals surface area contributed by atoms with Crippen LogP contribution in [0.25, 0.3) is 97.3 Å². The Morgan fingerprint density at radius 1 is 0.226 bits per heavy atom. The van der Waals surface area contributed by atoms with Gasteiger partial charge in [-0.2, -0.15) is 0 Å². The minimum absolute atomic E-state index is 0.197. The molecular formula is C106H94O18. The Balaban J connectivity index is 0.000000145. The zero-order valence-corrected chi connectivity index (χ0v) is 68.7. The molecule has 0 heterocycles. The molecule has 0 atom stereocenters. The summed E-state index contributed by atoms with van der Waals surface area (Å²) in [5.41, 5.74) is 8.26. The van der Waals surface area contributed by atoms with E-state index in [-0.39, 0.29) is 75.5 Å². The molecular weight excluding hydrogens is 1560 g/mol. The first-order chi connectivity index (χ1) is 60.8. The van der Waals surface area contributed by atoms with Gasteiger partial charge < -0.3 is 56.8 Å². The molecule has 0 saturated heterocycles. The lowest BCUT2D eigenvalue weighted by molar-refractivity contribution is 0.0414. The summed E-state index contributed by atoms with van der Waals surface area (Å²) in [5, 5.41) is 16.8. The minimum atomic E-state index is -0.350. The SMILES string of the molecule is C=COCCOC(=O)c1c2ccccc2cc2ccccc12.C=COCCOC(=O)c1cc2ccccc2c2ccccc12.C=COCCOC(=O)c1ccc(-c2ccccc2)cc1.C=COCCOC(=O)c1ccc2c3c(cccc13)CC2.C=COCCOC(=O)c1ccc2cc3ccccc3cc2c1.C=COCCOC(=O)c1ccc2ccccc2c1. The molecule has 0 unspecified atom stereocenters. The molecule has 0 aromatic heterocycles. The monoisotopic (exact) mass is 1650 g/mol. The Kier molecular flexibility index (Phi) is 34.0. The molecule has 16 rings (SSSR count). The summed E-state index contributed by atoms with van der Waals surface area (Å²) in [4.78, 5) is 72.6. The van der Waals surface area contributed by atoms with Gasteiger partial charge in [-0.25, -0.2) is 28.8 Å². The van der Waals surface area contributed by atoms with Crippen LogP contribution in [0.3, 0.4) is 0 Å². The van der Waals surface area contributed by atoms with E-state index in [1.807, 2.05) is 224 Å². The Labute approximate surface area is 719 Å². The summed E-state index contributed by atoms with van der Waals surface area (Å²) in [5.74, 6) is -2.00. The van der Waals surface area contributed by atoms with Crippen LogP contribution in [0.1, 0.15) is 73.3 Å². The van der Waals surface area contributed by atoms with Crippen molar-refractivity contribution in [2.45, 2.75) is 12.8 Å². The summed E-state index contributed by atoms with van der Waals surface area (Å²) in [6.07, 6.45) is 10.1. The number of hydrogen-bond donors (Lipinski definition) is 0. The van der Waals surface area contributed by atoms with Crippen molar-refractivity contribution in [3.05, 3.63) is 413 Å². The molecule has 124 heavy (non-hydrogen) atoms. The van der Waals surface area contributed by atoms with Crippen LogP contribution in [0.4, 0.5) is 0 Å². The van der Waals surface area contributed by atoms with Gasteiger partial charge in [0.2, 0.25) is 0 Å². The van der Waals surface area contributed by atoms with Gasteiger partial charge in [0.25, 0.3) is 0 Å². The smallest absolute Gasteiger partial charge is 0.339 e. The summed E-state index contributed by atoms with van der Waals surface area (Å²) in [6.45, 7) is 23.8. The van der Waals surface area contributed by atoms with Gasteiger partial charge in [-0.05, 0) is 188 Å². The second-order valence-corrected chi connectivity index (χ2v) is 27.3. The van der Waals surface area contributed by atoms with Gasteiger partial charge in [0.15, 0.2) is 0 Å². The van der Waals surface area contributed by atoms with Gasteiger partial charge in [0.05, 0.1) is 71.0 Å². The Hall–Kier alpha value is -15.6. The van der Waals surface area contributed by atoms with Crippen LogP contribution < -0.4 is 0 Å². The molecule has 0 radical (unpaired) electrons. The van der Waals surface area contributed by atoms with Gasteiger partial charge in [0.1, 0.15) is 79.3 Å². The van der Waals surface area contributed by atoms with Crippen LogP contribution in [0.15, 0.2) is 368 Å². The van der Waals surface area contributed by atoms with Gasteiger partial charge in [0, 0.05) is 0 Å². The lowest BCUT2D eigenvalue weighted by Gasteiger charge is -2.11. The van der Waals surface area contributed by atoms with Crippen LogP contribution in [-0.4, -0.2) is 115 Å². The van der Waals surface area contributed by atoms with E-state index in [0.29, 0.717) is 73.0 Å². The van der Waals surface area contributed by atoms with Gasteiger partial charge in [-0.1, -0.05) is 264 Å². The Morgan fingerprint density at radius 2 is 0.556 bits per heavy atom. The summed E-state index contributed by atoms with van der Waals surface area (Å²) in [7, 11) is 0. The molecule has 626 valence electrons. The third kappa shape index (κ3) is 24.8. The van der Waals surface area contributed by atoms with Crippen molar-refractivity contribution in [3.8, 4) is 11.1 Å². The summed E-state index contributed by atoms with van der Waals surface area (Å²) >= 11 is 0. The number of carbonyl (C=O) groups is 6. The van der Waals surface area contributed by atoms with E-state index in [1.165, 1.54) is 59.5 Å². The Bertz CT molecular complexity index is 6170. The zero-order valence-electron chi connectivity index (χ0n) is 68.7. The van der Waals surface area contributed by atoms with E-state index in [4.69, 9.17) is 56.8 Å². The van der Waals surface area contributed by atoms with E-state index in [1.54, 1.807) is 24.3 Å². The summed E-state index contributed by atoms with van der Waals surface area (Å²) < 4.78 is 60.7. The topological polar surface area (TPSA) is 213 Å². The van der Waals surface area contributed by atoms with Crippen molar-refractivity contribution in [3.63, 3.8) is 0 Å². The first kappa shape index (κ1) is 89.2. The normalized spacial score (nSPS) is 10.6. The first-order valence-electron chi connectivity index (χ1n) is 40.1. The van der Waals surface area contributed by atoms with Crippen LogP contribution in [0.5, 0.6) is 0 Å². The molecule has 0 bridgehead atoms. The highest BCUT2D eigenvalue weighted by Gasteiger charge is 2.22. The van der Waals surface area contributed by atoms with Gasteiger partial charge >= 0.3 is 35.8 Å². The lowest BCUT2D eigenvalue weighted by atomic mass is 9.97. The molecule has 0 aliphatic heterocycles. The standard InChI is InChI=1S/3C19H16O3.2C17H16O3.C15H14O3/c1-2-21-11-12-22-19(20)18-16-9-5-3-7-14(16)13-15-8-4-6-10-17(15)18;1-2-21-11-12-22-19(20)18-13-14-7-3-4-8-15(14)16-9-5-6-10-17(16)18;1-2-21-9-10-22-19(20)17-8-7-16-11-14-5-3-4-6-15(14)12-18(16)13-17;1-2-19-10-11-20-17(18)15-9-8-13-7-6-12-4-3-5-14(15)16(12)13;1-2-19-12-13-20-17(18)16-10-8-15(9-11-16)14-6-4-3-5-7-14;1-2-17-9-10-18-15(16)14-8-7-12-5-3-4-6-13(12)11-14/h2*2-10,13H,1,11-12H2;2-8,11-13H,1,9-10H2;2-5,8-9H,1,6-7,10-11H2;2-11H,1,12-13H2;2-8,11H,1,9-10H2. The second kappa shape index (κ2) is 47.3. The molecule has 0 fully saturated rings. The van der Waals surface area contributed by atoms with E-state index in [0.717, 1.165) is 99.4 Å². The number of benzene rings is 15. The fourth-order valence-corrected chi connectivity index (χ4v) is 13.8. The molecule has 0 saturated carbocycles. The highest BCUT2D eigenvalue weighted by atomic mass is 16.6. The van der Waals surface area contributed by atoms with Crippen molar-refractivity contribution in [1.29, 1.82) is 0 Å². The lowest BCUT2D eigenvalue weighted by Crippen LogP contribution is -2.10. The van der Waals surface area contributed by atoms with Gasteiger partial charge in [-0.15, -0.1) is 0 Å². The predicted molar refractivity (Wildman–Crippen MR) is 490 cm³/mol. The van der Waals surface area contributed by atoms with Crippen molar-refractivity contribution in [1.82, 2.24) is 0 Å². The molecule has 0 N–H and O–H groups in total. The van der Waals surface area contributed by atoms with Crippen molar-refractivity contribution >= 4 is 122 Å². The maximum atomic E-state index is 12.5. The van der Waals surface area contributed by atoms with E-state index in [9.17, 15) is 28.8 Å². The largest absolute Gasteiger partial charge is 0.498 e. The average Bonchev–Trinajstić information content (AvgIpc) is 0.838. The fourth-order valence-electron chi connectivity index (χ4n) is 13.8. The number of rotatable bonds is 31. The number of hydrogen-bond acceptors (Lipinski definition) is 18. The maximum Gasteiger partial charge on any atom is 0.339 e. The number of aryl methyl sites for hydroxylation is 2. The summed E-state index contributed by atoms with van der Waals surface area (Å²) in [6, 6.07) is 94.2. The third-order valence-electron chi connectivity index (χ3n) is 19.5. The van der Waals surface area contributed by atoms with E-state index >= 15 is 0 Å². The molecule has 18 nitrogen and oxygen atoms in total. The number of esters is 6. The predicted octanol–water partition coefficient (Wildman–Crippen LogP) is 23.0. The maximum absolute atomic E-state index is 12.5. The van der Waals surface area contributed by atoms with Crippen LogP contribution in [0, 0.1) is 0 Å². The molecule has 18 heteroatoms. The molecule has 0 amide bonds. The van der Waals surface area contributed by atoms with Crippen LogP contribution >= 0.6 is 0 Å². The zero-order chi connectivity index (χ0) is 87.0. The fraction of sp³-hybridized carbons (Fsp3) is 0.132. The van der Waals surface area contributed by atoms with E-state index in [2.05, 4.69) is 81.9 Å². The number of fused-ring (bicyclic) bond motifs is 8. The molecule has 1 aliphatic rings. The highest BCUT2D eigenvalue weighted by Crippen LogP contribution is 2.35. The van der Waals surface area contributed by atoms with Crippen LogP contribution in [0.2, 0.25) is 0 Å². The first-order valence-corrected chi connectivity index (χ1v) is 40.1. The van der Waals surface area contributed by atoms with Gasteiger partial charge in [-0.3, -0.25) is 0 Å². The van der Waals surface area contributed by atoms with E-state index < -0.39 is 0 Å². The average molecular weight is 1660 g/mol. The minimum Gasteiger partial charge on any atom is -0.498 e. The van der Waals surface area contributed by atoms with Crippen molar-refractivity contribution in [2.75, 3.05) is 79.3 Å². The van der Waals surface area contributed by atoms with Crippen molar-refractivity contribution in [2.24, 2.45) is 0 Å². The van der Waals surface area contributed by atoms with Crippen LogP contribution in [-0.2, 0) is 69.7 Å².